The molecule has 0 saturated heterocycles. The molecule has 0 heterocycles. The minimum Gasteiger partial charge on any atom is -0.409 e. The molecule has 0 atom stereocenters. The van der Waals surface area contributed by atoms with Crippen LogP contribution in [0.1, 0.15) is 5.56 Å². The first-order chi connectivity index (χ1) is 5.65. The molecule has 0 aliphatic rings. The monoisotopic (exact) mass is 169 g/mol. The van der Waals surface area contributed by atoms with Crippen molar-refractivity contribution in [1.29, 1.82) is 0 Å². The second-order valence-corrected chi connectivity index (χ2v) is 2.22. The SMILES string of the molecule is N/C(=N/O)c1ccc(N)c(F)c1. The minimum atomic E-state index is -0.584. The van der Waals surface area contributed by atoms with Gasteiger partial charge in [-0.25, -0.2) is 4.39 Å². The molecule has 12 heavy (non-hydrogen) atoms. The van der Waals surface area contributed by atoms with Crippen LogP contribution in [0.5, 0.6) is 0 Å². The van der Waals surface area contributed by atoms with Gasteiger partial charge in [-0.1, -0.05) is 5.16 Å². The van der Waals surface area contributed by atoms with Crippen LogP contribution < -0.4 is 11.5 Å². The third-order valence-electron chi connectivity index (χ3n) is 1.40. The molecule has 0 fully saturated rings. The molecule has 0 aromatic heterocycles. The fraction of sp³-hybridized carbons (Fsp3) is 0. The predicted molar refractivity (Wildman–Crippen MR) is 43.3 cm³/mol. The Balaban J connectivity index is 3.13. The minimum absolute atomic E-state index is 0.0319. The fourth-order valence-electron chi connectivity index (χ4n) is 0.744. The van der Waals surface area contributed by atoms with E-state index in [-0.39, 0.29) is 11.5 Å². The molecule has 1 rings (SSSR count). The maximum Gasteiger partial charge on any atom is 0.170 e. The van der Waals surface area contributed by atoms with Gasteiger partial charge in [0, 0.05) is 5.56 Å². The highest BCUT2D eigenvalue weighted by atomic mass is 19.1. The molecule has 0 bridgehead atoms. The van der Waals surface area contributed by atoms with E-state index in [4.69, 9.17) is 16.7 Å². The zero-order valence-electron chi connectivity index (χ0n) is 6.16. The predicted octanol–water partition coefficient (Wildman–Crippen LogP) is 0.502. The molecule has 5 heteroatoms. The number of rotatable bonds is 1. The van der Waals surface area contributed by atoms with Crippen LogP contribution in [0.25, 0.3) is 0 Å². The molecule has 5 N–H and O–H groups in total. The van der Waals surface area contributed by atoms with Gasteiger partial charge in [-0.3, -0.25) is 0 Å². The van der Waals surface area contributed by atoms with Crippen molar-refractivity contribution in [2.24, 2.45) is 10.9 Å². The van der Waals surface area contributed by atoms with Crippen molar-refractivity contribution in [3.63, 3.8) is 0 Å². The van der Waals surface area contributed by atoms with E-state index in [0.717, 1.165) is 6.07 Å². The highest BCUT2D eigenvalue weighted by molar-refractivity contribution is 5.97. The highest BCUT2D eigenvalue weighted by Crippen LogP contribution is 2.11. The molecule has 0 unspecified atom stereocenters. The van der Waals surface area contributed by atoms with Gasteiger partial charge < -0.3 is 16.7 Å². The van der Waals surface area contributed by atoms with E-state index in [1.807, 2.05) is 0 Å². The lowest BCUT2D eigenvalue weighted by Crippen LogP contribution is -2.13. The smallest absolute Gasteiger partial charge is 0.170 e. The lowest BCUT2D eigenvalue weighted by Gasteiger charge is -1.99. The Morgan fingerprint density at radius 2 is 2.17 bits per heavy atom. The topological polar surface area (TPSA) is 84.6 Å². The molecular formula is C7H8FN3O. The van der Waals surface area contributed by atoms with Crippen molar-refractivity contribution in [3.05, 3.63) is 29.6 Å². The van der Waals surface area contributed by atoms with E-state index in [2.05, 4.69) is 5.16 Å². The van der Waals surface area contributed by atoms with Gasteiger partial charge in [-0.15, -0.1) is 0 Å². The van der Waals surface area contributed by atoms with Gasteiger partial charge in [-0.05, 0) is 18.2 Å². The number of anilines is 1. The van der Waals surface area contributed by atoms with Gasteiger partial charge in [0.15, 0.2) is 5.84 Å². The van der Waals surface area contributed by atoms with Crippen LogP contribution in [-0.4, -0.2) is 11.0 Å². The highest BCUT2D eigenvalue weighted by Gasteiger charge is 2.02. The third kappa shape index (κ3) is 1.45. The molecule has 1 aromatic rings. The molecule has 4 nitrogen and oxygen atoms in total. The van der Waals surface area contributed by atoms with Gasteiger partial charge in [0.1, 0.15) is 5.82 Å². The van der Waals surface area contributed by atoms with Crippen LogP contribution in [0.4, 0.5) is 10.1 Å². The summed E-state index contributed by atoms with van der Waals surface area (Å²) in [5.74, 6) is -0.729. The largest absolute Gasteiger partial charge is 0.409 e. The molecule has 0 spiro atoms. The summed E-state index contributed by atoms with van der Waals surface area (Å²) in [6.07, 6.45) is 0. The number of nitrogens with two attached hydrogens (primary N) is 2. The third-order valence-corrected chi connectivity index (χ3v) is 1.40. The summed E-state index contributed by atoms with van der Waals surface area (Å²) in [5, 5.41) is 11.0. The summed E-state index contributed by atoms with van der Waals surface area (Å²) in [6.45, 7) is 0. The number of hydrogen-bond acceptors (Lipinski definition) is 3. The Labute approximate surface area is 68.3 Å². The van der Waals surface area contributed by atoms with Gasteiger partial charge in [-0.2, -0.15) is 0 Å². The van der Waals surface area contributed by atoms with Gasteiger partial charge in [0.2, 0.25) is 0 Å². The van der Waals surface area contributed by atoms with E-state index in [1.54, 1.807) is 0 Å². The number of benzene rings is 1. The van der Waals surface area contributed by atoms with E-state index in [1.165, 1.54) is 12.1 Å². The van der Waals surface area contributed by atoms with E-state index >= 15 is 0 Å². The molecule has 0 aliphatic heterocycles. The number of oxime groups is 1. The molecular weight excluding hydrogens is 161 g/mol. The standard InChI is InChI=1S/C7H8FN3O/c8-5-3-4(7(10)11-12)1-2-6(5)9/h1-3,12H,9H2,(H2,10,11). The normalized spacial score (nSPS) is 11.6. The fourth-order valence-corrected chi connectivity index (χ4v) is 0.744. The first-order valence-corrected chi connectivity index (χ1v) is 3.18. The van der Waals surface area contributed by atoms with Gasteiger partial charge >= 0.3 is 0 Å². The first kappa shape index (κ1) is 8.32. The van der Waals surface area contributed by atoms with E-state index in [0.29, 0.717) is 5.56 Å². The Kier molecular flexibility index (Phi) is 2.14. The zero-order chi connectivity index (χ0) is 9.14. The van der Waals surface area contributed by atoms with Crippen molar-refractivity contribution in [2.45, 2.75) is 0 Å². The number of nitrogen functional groups attached to an aromatic ring is 1. The van der Waals surface area contributed by atoms with Crippen molar-refractivity contribution in [2.75, 3.05) is 5.73 Å². The summed E-state index contributed by atoms with van der Waals surface area (Å²) >= 11 is 0. The maximum absolute atomic E-state index is 12.8. The van der Waals surface area contributed by atoms with E-state index in [9.17, 15) is 4.39 Å². The van der Waals surface area contributed by atoms with Crippen LogP contribution in [0, 0.1) is 5.82 Å². The molecule has 0 radical (unpaired) electrons. The molecule has 64 valence electrons. The van der Waals surface area contributed by atoms with Crippen molar-refractivity contribution < 1.29 is 9.60 Å². The lowest BCUT2D eigenvalue weighted by molar-refractivity contribution is 0.318. The summed E-state index contributed by atoms with van der Waals surface area (Å²) in [6, 6.07) is 3.92. The summed E-state index contributed by atoms with van der Waals surface area (Å²) in [4.78, 5) is 0. The Morgan fingerprint density at radius 1 is 1.50 bits per heavy atom. The van der Waals surface area contributed by atoms with Crippen LogP contribution in [-0.2, 0) is 0 Å². The maximum atomic E-state index is 12.8. The Morgan fingerprint density at radius 3 is 2.67 bits per heavy atom. The zero-order valence-corrected chi connectivity index (χ0v) is 6.16. The Hall–Kier alpha value is -1.78. The average Bonchev–Trinajstić information content (AvgIpc) is 2.08. The van der Waals surface area contributed by atoms with Crippen LogP contribution >= 0.6 is 0 Å². The average molecular weight is 169 g/mol. The molecule has 1 aromatic carbocycles. The number of hydrogen-bond donors (Lipinski definition) is 3. The quantitative estimate of drug-likeness (QED) is 0.188. The summed E-state index contributed by atoms with van der Waals surface area (Å²) in [5.41, 5.74) is 10.7. The molecule has 0 aliphatic carbocycles. The summed E-state index contributed by atoms with van der Waals surface area (Å²) < 4.78 is 12.8. The van der Waals surface area contributed by atoms with Crippen molar-refractivity contribution >= 4 is 11.5 Å². The second kappa shape index (κ2) is 3.08. The van der Waals surface area contributed by atoms with Gasteiger partial charge in [0.05, 0.1) is 5.69 Å². The van der Waals surface area contributed by atoms with Crippen LogP contribution in [0.3, 0.4) is 0 Å². The summed E-state index contributed by atoms with van der Waals surface area (Å²) in [7, 11) is 0. The lowest BCUT2D eigenvalue weighted by atomic mass is 10.2. The van der Waals surface area contributed by atoms with Crippen LogP contribution in [0.2, 0.25) is 0 Å². The first-order valence-electron chi connectivity index (χ1n) is 3.18. The van der Waals surface area contributed by atoms with Crippen molar-refractivity contribution in [3.8, 4) is 0 Å². The van der Waals surface area contributed by atoms with Crippen molar-refractivity contribution in [1.82, 2.24) is 0 Å². The van der Waals surface area contributed by atoms with Crippen LogP contribution in [0.15, 0.2) is 23.4 Å². The van der Waals surface area contributed by atoms with Gasteiger partial charge in [0.25, 0.3) is 0 Å². The molecule has 0 amide bonds. The number of nitrogens with zero attached hydrogens (tertiary/aromatic N) is 1. The van der Waals surface area contributed by atoms with E-state index < -0.39 is 5.82 Å². The number of halogens is 1. The Bertz CT molecular complexity index is 324. The number of amidine groups is 1. The second-order valence-electron chi connectivity index (χ2n) is 2.22. The molecule has 0 saturated carbocycles.